The number of nitrogens with zero attached hydrogens (tertiary/aromatic N) is 1. The Hall–Kier alpha value is -2.77. The van der Waals surface area contributed by atoms with Gasteiger partial charge in [0.25, 0.3) is 0 Å². The Morgan fingerprint density at radius 3 is 2.39 bits per heavy atom. The highest BCUT2D eigenvalue weighted by atomic mass is 16.5. The second-order valence-corrected chi connectivity index (χ2v) is 6.31. The number of amides is 2. The molecule has 0 fully saturated rings. The van der Waals surface area contributed by atoms with E-state index in [0.29, 0.717) is 36.1 Å². The summed E-state index contributed by atoms with van der Waals surface area (Å²) in [7, 11) is 5.33. The van der Waals surface area contributed by atoms with Crippen molar-refractivity contribution in [2.75, 3.05) is 52.8 Å². The third-order valence-corrected chi connectivity index (χ3v) is 4.09. The summed E-state index contributed by atoms with van der Waals surface area (Å²) in [6.07, 6.45) is 0.874. The van der Waals surface area contributed by atoms with Gasteiger partial charge in [-0.15, -0.1) is 0 Å². The van der Waals surface area contributed by atoms with Gasteiger partial charge in [0.2, 0.25) is 0 Å². The van der Waals surface area contributed by atoms with E-state index in [0.717, 1.165) is 19.5 Å². The Kier molecular flexibility index (Phi) is 9.10. The summed E-state index contributed by atoms with van der Waals surface area (Å²) in [5.74, 6) is 1.96. The van der Waals surface area contributed by atoms with Crippen molar-refractivity contribution in [1.82, 2.24) is 10.2 Å². The summed E-state index contributed by atoms with van der Waals surface area (Å²) in [5, 5.41) is 5.67. The highest BCUT2D eigenvalue weighted by Gasteiger charge is 2.06. The fourth-order valence-electron chi connectivity index (χ4n) is 2.52. The van der Waals surface area contributed by atoms with Crippen LogP contribution < -0.4 is 20.1 Å². The average molecular weight is 387 g/mol. The molecular formula is C21H29N3O4. The maximum absolute atomic E-state index is 12.0. The molecule has 0 aromatic heterocycles. The number of para-hydroxylation sites is 2. The first kappa shape index (κ1) is 21.5. The monoisotopic (exact) mass is 387 g/mol. The minimum absolute atomic E-state index is 0.224. The van der Waals surface area contributed by atoms with Gasteiger partial charge in [0.05, 0.1) is 13.7 Å². The smallest absolute Gasteiger partial charge is 0.319 e. The zero-order chi connectivity index (χ0) is 20.2. The molecule has 0 aliphatic carbocycles. The first-order valence-electron chi connectivity index (χ1n) is 9.25. The van der Waals surface area contributed by atoms with E-state index in [9.17, 15) is 4.79 Å². The van der Waals surface area contributed by atoms with E-state index < -0.39 is 0 Å². The number of likely N-dealkylation sites (N-methyl/N-ethyl adjacent to an activating group) is 1. The predicted octanol–water partition coefficient (Wildman–Crippen LogP) is 3.58. The maximum Gasteiger partial charge on any atom is 0.319 e. The van der Waals surface area contributed by atoms with Gasteiger partial charge in [0.1, 0.15) is 5.75 Å². The van der Waals surface area contributed by atoms with E-state index in [1.165, 1.54) is 0 Å². The molecule has 2 amide bonds. The fourth-order valence-corrected chi connectivity index (χ4v) is 2.52. The van der Waals surface area contributed by atoms with Crippen molar-refractivity contribution in [1.29, 1.82) is 0 Å². The van der Waals surface area contributed by atoms with Crippen molar-refractivity contribution < 1.29 is 19.0 Å². The van der Waals surface area contributed by atoms with Gasteiger partial charge in [0, 0.05) is 25.9 Å². The lowest BCUT2D eigenvalue weighted by atomic mass is 10.3. The molecular weight excluding hydrogens is 358 g/mol. The van der Waals surface area contributed by atoms with Gasteiger partial charge in [-0.1, -0.05) is 12.1 Å². The molecule has 7 nitrogen and oxygen atoms in total. The predicted molar refractivity (Wildman–Crippen MR) is 111 cm³/mol. The van der Waals surface area contributed by atoms with E-state index in [1.807, 2.05) is 31.3 Å². The minimum atomic E-state index is -0.224. The first-order chi connectivity index (χ1) is 13.6. The van der Waals surface area contributed by atoms with Crippen LogP contribution in [-0.4, -0.2) is 58.4 Å². The minimum Gasteiger partial charge on any atom is -0.493 e. The highest BCUT2D eigenvalue weighted by molar-refractivity contribution is 5.89. The van der Waals surface area contributed by atoms with Crippen LogP contribution in [0.25, 0.3) is 0 Å². The van der Waals surface area contributed by atoms with Gasteiger partial charge >= 0.3 is 6.03 Å². The second-order valence-electron chi connectivity index (χ2n) is 6.31. The molecule has 0 saturated carbocycles. The molecule has 0 saturated heterocycles. The van der Waals surface area contributed by atoms with Gasteiger partial charge in [-0.2, -0.15) is 0 Å². The molecule has 2 aromatic carbocycles. The lowest BCUT2D eigenvalue weighted by Gasteiger charge is -2.16. The highest BCUT2D eigenvalue weighted by Crippen LogP contribution is 2.31. The third-order valence-electron chi connectivity index (χ3n) is 4.09. The molecule has 2 N–H and O–H groups in total. The zero-order valence-electron chi connectivity index (χ0n) is 16.7. The summed E-state index contributed by atoms with van der Waals surface area (Å²) in [6, 6.07) is 14.4. The Labute approximate surface area is 166 Å². The van der Waals surface area contributed by atoms with Crippen molar-refractivity contribution in [2.24, 2.45) is 0 Å². The number of nitrogens with one attached hydrogen (secondary N) is 2. The van der Waals surface area contributed by atoms with Gasteiger partial charge in [-0.25, -0.2) is 4.79 Å². The Morgan fingerprint density at radius 1 is 1.00 bits per heavy atom. The summed E-state index contributed by atoms with van der Waals surface area (Å²) in [4.78, 5) is 14.2. The van der Waals surface area contributed by atoms with Crippen molar-refractivity contribution in [3.63, 3.8) is 0 Å². The number of methoxy groups -OCH3 is 2. The van der Waals surface area contributed by atoms with Crippen molar-refractivity contribution in [3.8, 4) is 17.2 Å². The topological polar surface area (TPSA) is 72.1 Å². The lowest BCUT2D eigenvalue weighted by Crippen LogP contribution is -2.32. The van der Waals surface area contributed by atoms with Crippen molar-refractivity contribution >= 4 is 11.7 Å². The molecule has 0 atom stereocenters. The quantitative estimate of drug-likeness (QED) is 0.577. The van der Waals surface area contributed by atoms with Gasteiger partial charge in [-0.3, -0.25) is 0 Å². The average Bonchev–Trinajstić information content (AvgIpc) is 2.71. The second kappa shape index (κ2) is 11.8. The maximum atomic E-state index is 12.0. The Balaban J connectivity index is 1.73. The van der Waals surface area contributed by atoms with Gasteiger partial charge in [0.15, 0.2) is 11.5 Å². The van der Waals surface area contributed by atoms with Crippen LogP contribution in [0.2, 0.25) is 0 Å². The normalized spacial score (nSPS) is 10.6. The van der Waals surface area contributed by atoms with Crippen molar-refractivity contribution in [2.45, 2.75) is 6.42 Å². The molecule has 7 heteroatoms. The Morgan fingerprint density at radius 2 is 1.71 bits per heavy atom. The molecule has 0 aliphatic heterocycles. The van der Waals surface area contributed by atoms with Crippen LogP contribution in [0.4, 0.5) is 10.5 Å². The number of benzene rings is 2. The van der Waals surface area contributed by atoms with E-state index in [-0.39, 0.29) is 6.03 Å². The first-order valence-corrected chi connectivity index (χ1v) is 9.25. The molecule has 0 spiro atoms. The number of ether oxygens (including phenoxy) is 3. The molecule has 0 bridgehead atoms. The third kappa shape index (κ3) is 7.46. The Bertz CT molecular complexity index is 722. The molecule has 0 aliphatic rings. The summed E-state index contributed by atoms with van der Waals surface area (Å²) < 4.78 is 16.1. The van der Waals surface area contributed by atoms with Crippen LogP contribution >= 0.6 is 0 Å². The number of hydrogen-bond donors (Lipinski definition) is 2. The summed E-state index contributed by atoms with van der Waals surface area (Å²) in [5.41, 5.74) is 0.696. The van der Waals surface area contributed by atoms with E-state index in [2.05, 4.69) is 15.5 Å². The SMILES string of the molecule is COCCN(C)CCCNC(=O)Nc1ccc(Oc2ccccc2OC)cc1. The molecule has 28 heavy (non-hydrogen) atoms. The molecule has 0 unspecified atom stereocenters. The fraction of sp³-hybridized carbons (Fsp3) is 0.381. The van der Waals surface area contributed by atoms with Crippen LogP contribution in [-0.2, 0) is 4.74 Å². The number of carbonyl (C=O) groups excluding carboxylic acids is 1. The van der Waals surface area contributed by atoms with Crippen LogP contribution in [0.15, 0.2) is 48.5 Å². The largest absolute Gasteiger partial charge is 0.493 e. The number of urea groups is 1. The molecule has 0 heterocycles. The lowest BCUT2D eigenvalue weighted by molar-refractivity contribution is 0.160. The van der Waals surface area contributed by atoms with Crippen LogP contribution in [0.3, 0.4) is 0 Å². The summed E-state index contributed by atoms with van der Waals surface area (Å²) in [6.45, 7) is 3.10. The van der Waals surface area contributed by atoms with Crippen LogP contribution in [0, 0.1) is 0 Å². The van der Waals surface area contributed by atoms with Gasteiger partial charge in [-0.05, 0) is 56.4 Å². The van der Waals surface area contributed by atoms with Crippen LogP contribution in [0.5, 0.6) is 17.2 Å². The molecule has 0 radical (unpaired) electrons. The molecule has 2 aromatic rings. The van der Waals surface area contributed by atoms with E-state index in [1.54, 1.807) is 38.5 Å². The summed E-state index contributed by atoms with van der Waals surface area (Å²) >= 11 is 0. The molecule has 152 valence electrons. The number of carbonyl (C=O) groups is 1. The number of anilines is 1. The van der Waals surface area contributed by atoms with Crippen LogP contribution in [0.1, 0.15) is 6.42 Å². The standard InChI is InChI=1S/C21H29N3O4/c1-24(15-16-26-2)14-6-13-22-21(25)23-17-9-11-18(12-10-17)28-20-8-5-4-7-19(20)27-3/h4-5,7-12H,6,13-16H2,1-3H3,(H2,22,23,25). The number of rotatable bonds is 11. The van der Waals surface area contributed by atoms with Gasteiger partial charge < -0.3 is 29.7 Å². The van der Waals surface area contributed by atoms with E-state index in [4.69, 9.17) is 14.2 Å². The van der Waals surface area contributed by atoms with Crippen molar-refractivity contribution in [3.05, 3.63) is 48.5 Å². The molecule has 2 rings (SSSR count). The van der Waals surface area contributed by atoms with E-state index >= 15 is 0 Å². The zero-order valence-corrected chi connectivity index (χ0v) is 16.7. The number of hydrogen-bond acceptors (Lipinski definition) is 5.